The van der Waals surface area contributed by atoms with E-state index in [1.807, 2.05) is 6.07 Å². The van der Waals surface area contributed by atoms with Gasteiger partial charge in [0, 0.05) is 5.56 Å². The van der Waals surface area contributed by atoms with Gasteiger partial charge in [-0.3, -0.25) is 10.0 Å². The van der Waals surface area contributed by atoms with Gasteiger partial charge < -0.3 is 24.1 Å². The maximum atomic E-state index is 12.3. The van der Waals surface area contributed by atoms with E-state index in [0.29, 0.717) is 47.0 Å². The number of nitrogens with one attached hydrogen (secondary N) is 1. The molecule has 8 heteroatoms. The Balaban J connectivity index is 2.30. The molecule has 0 fully saturated rings. The minimum atomic E-state index is -0.594. The first-order chi connectivity index (χ1) is 14.5. The third-order valence-corrected chi connectivity index (χ3v) is 5.23. The monoisotopic (exact) mass is 415 g/mol. The number of carbonyl (C=O) groups excluding carboxylic acids is 1. The standard InChI is InChI=1S/C22H25NO7/c1-27-18-8-6-12(10-17(18)24)15-9-13(22(25)23-26)5-7-14-16(15)11-19(28-2)21(30-4)20(14)29-3/h6,8-11,13,24,26H,5,7H2,1-4H3,(H,23,25). The Labute approximate surface area is 174 Å². The summed E-state index contributed by atoms with van der Waals surface area (Å²) in [5.74, 6) is 0.641. The van der Waals surface area contributed by atoms with Crippen molar-refractivity contribution in [2.45, 2.75) is 12.8 Å². The van der Waals surface area contributed by atoms with E-state index in [2.05, 4.69) is 0 Å². The maximum absolute atomic E-state index is 12.3. The van der Waals surface area contributed by atoms with Crippen molar-refractivity contribution < 1.29 is 34.1 Å². The number of hydrogen-bond donors (Lipinski definition) is 3. The molecular weight excluding hydrogens is 390 g/mol. The van der Waals surface area contributed by atoms with Gasteiger partial charge in [-0.1, -0.05) is 12.1 Å². The summed E-state index contributed by atoms with van der Waals surface area (Å²) in [6, 6.07) is 6.83. The van der Waals surface area contributed by atoms with E-state index < -0.39 is 11.8 Å². The molecule has 0 saturated heterocycles. The zero-order chi connectivity index (χ0) is 21.8. The average molecular weight is 415 g/mol. The summed E-state index contributed by atoms with van der Waals surface area (Å²) in [6.45, 7) is 0. The van der Waals surface area contributed by atoms with E-state index in [0.717, 1.165) is 11.1 Å². The smallest absolute Gasteiger partial charge is 0.250 e. The normalized spacial score (nSPS) is 15.4. The lowest BCUT2D eigenvalue weighted by atomic mass is 9.92. The molecule has 1 amide bonds. The van der Waals surface area contributed by atoms with Gasteiger partial charge in [-0.15, -0.1) is 0 Å². The van der Waals surface area contributed by atoms with Crippen molar-refractivity contribution in [3.63, 3.8) is 0 Å². The van der Waals surface area contributed by atoms with E-state index in [-0.39, 0.29) is 5.75 Å². The van der Waals surface area contributed by atoms with E-state index in [4.69, 9.17) is 18.9 Å². The van der Waals surface area contributed by atoms with Crippen LogP contribution in [0.3, 0.4) is 0 Å². The van der Waals surface area contributed by atoms with Crippen LogP contribution in [0, 0.1) is 5.92 Å². The highest BCUT2D eigenvalue weighted by atomic mass is 16.5. The number of phenolic OH excluding ortho intramolecular Hbond substituents is 1. The molecule has 160 valence electrons. The summed E-state index contributed by atoms with van der Waals surface area (Å²) in [7, 11) is 6.08. The Kier molecular flexibility index (Phi) is 6.37. The highest BCUT2D eigenvalue weighted by Crippen LogP contribution is 2.47. The van der Waals surface area contributed by atoms with E-state index in [1.54, 1.807) is 36.9 Å². The summed E-state index contributed by atoms with van der Waals surface area (Å²) in [5, 5.41) is 19.5. The molecule has 2 aromatic carbocycles. The van der Waals surface area contributed by atoms with Gasteiger partial charge in [0.25, 0.3) is 0 Å². The van der Waals surface area contributed by atoms with Crippen molar-refractivity contribution in [2.24, 2.45) is 5.92 Å². The molecular formula is C22H25NO7. The molecule has 1 atom stereocenters. The van der Waals surface area contributed by atoms with Gasteiger partial charge in [0.15, 0.2) is 23.0 Å². The SMILES string of the molecule is COc1ccc(C2=CC(C(=O)NO)CCc3c2cc(OC)c(OC)c3OC)cc1O. The van der Waals surface area contributed by atoms with Crippen LogP contribution in [0.4, 0.5) is 0 Å². The summed E-state index contributed by atoms with van der Waals surface area (Å²) in [5.41, 5.74) is 4.71. The van der Waals surface area contributed by atoms with Crippen molar-refractivity contribution >= 4 is 11.5 Å². The Hall–Kier alpha value is -3.39. The van der Waals surface area contributed by atoms with Crippen LogP contribution in [0.2, 0.25) is 0 Å². The van der Waals surface area contributed by atoms with Crippen LogP contribution in [0.25, 0.3) is 5.57 Å². The van der Waals surface area contributed by atoms with Gasteiger partial charge in [-0.25, -0.2) is 5.48 Å². The maximum Gasteiger partial charge on any atom is 0.250 e. The lowest BCUT2D eigenvalue weighted by Crippen LogP contribution is -2.26. The predicted octanol–water partition coefficient (Wildman–Crippen LogP) is 2.93. The molecule has 0 spiro atoms. The van der Waals surface area contributed by atoms with Crippen LogP contribution in [-0.4, -0.2) is 44.7 Å². The minimum Gasteiger partial charge on any atom is -0.504 e. The second-order valence-electron chi connectivity index (χ2n) is 6.76. The number of hydrogen-bond acceptors (Lipinski definition) is 7. The van der Waals surface area contributed by atoms with Crippen LogP contribution in [0.5, 0.6) is 28.7 Å². The minimum absolute atomic E-state index is 0.0303. The van der Waals surface area contributed by atoms with Crippen molar-refractivity contribution in [1.29, 1.82) is 0 Å². The van der Waals surface area contributed by atoms with Crippen LogP contribution >= 0.6 is 0 Å². The van der Waals surface area contributed by atoms with Gasteiger partial charge in [0.05, 0.1) is 34.4 Å². The fourth-order valence-corrected chi connectivity index (χ4v) is 3.78. The summed E-state index contributed by atoms with van der Waals surface area (Å²) in [6.07, 6.45) is 2.71. The van der Waals surface area contributed by atoms with Crippen LogP contribution in [-0.2, 0) is 11.2 Å². The number of benzene rings is 2. The molecule has 1 aliphatic rings. The largest absolute Gasteiger partial charge is 0.504 e. The molecule has 3 N–H and O–H groups in total. The number of hydroxylamine groups is 1. The quantitative estimate of drug-likeness (QED) is 0.492. The molecule has 0 aliphatic heterocycles. The topological polar surface area (TPSA) is 106 Å². The molecule has 0 radical (unpaired) electrons. The van der Waals surface area contributed by atoms with Crippen LogP contribution in [0.1, 0.15) is 23.1 Å². The van der Waals surface area contributed by atoms with Gasteiger partial charge in [0.2, 0.25) is 11.7 Å². The first-order valence-electron chi connectivity index (χ1n) is 9.34. The molecule has 1 aliphatic carbocycles. The summed E-state index contributed by atoms with van der Waals surface area (Å²) >= 11 is 0. The molecule has 0 bridgehead atoms. The van der Waals surface area contributed by atoms with Gasteiger partial charge in [-0.05, 0) is 47.7 Å². The zero-order valence-electron chi connectivity index (χ0n) is 17.3. The molecule has 0 heterocycles. The second kappa shape index (κ2) is 8.96. The van der Waals surface area contributed by atoms with Gasteiger partial charge in [0.1, 0.15) is 0 Å². The molecule has 0 aromatic heterocycles. The van der Waals surface area contributed by atoms with E-state index in [9.17, 15) is 15.1 Å². The fraction of sp³-hybridized carbons (Fsp3) is 0.318. The first kappa shape index (κ1) is 21.3. The summed E-state index contributed by atoms with van der Waals surface area (Å²) < 4.78 is 21.8. The number of phenols is 1. The number of aromatic hydroxyl groups is 1. The molecule has 1 unspecified atom stereocenters. The Bertz CT molecular complexity index is 984. The van der Waals surface area contributed by atoms with Crippen LogP contribution < -0.4 is 24.4 Å². The Morgan fingerprint density at radius 1 is 1.00 bits per heavy atom. The lowest BCUT2D eigenvalue weighted by molar-refractivity contribution is -0.132. The molecule has 8 nitrogen and oxygen atoms in total. The number of methoxy groups -OCH3 is 4. The summed E-state index contributed by atoms with van der Waals surface area (Å²) in [4.78, 5) is 12.3. The van der Waals surface area contributed by atoms with Crippen molar-refractivity contribution in [3.05, 3.63) is 47.0 Å². The van der Waals surface area contributed by atoms with Crippen molar-refractivity contribution in [2.75, 3.05) is 28.4 Å². The molecule has 3 rings (SSSR count). The Morgan fingerprint density at radius 2 is 1.70 bits per heavy atom. The number of amides is 1. The Morgan fingerprint density at radius 3 is 2.27 bits per heavy atom. The third kappa shape index (κ3) is 3.73. The number of ether oxygens (including phenoxy) is 4. The second-order valence-corrected chi connectivity index (χ2v) is 6.76. The molecule has 2 aromatic rings. The van der Waals surface area contributed by atoms with E-state index in [1.165, 1.54) is 21.3 Å². The number of rotatable bonds is 6. The third-order valence-electron chi connectivity index (χ3n) is 5.23. The fourth-order valence-electron chi connectivity index (χ4n) is 3.78. The van der Waals surface area contributed by atoms with Gasteiger partial charge >= 0.3 is 0 Å². The number of carbonyl (C=O) groups is 1. The average Bonchev–Trinajstić information content (AvgIpc) is 2.96. The number of fused-ring (bicyclic) bond motifs is 1. The molecule has 0 saturated carbocycles. The van der Waals surface area contributed by atoms with Crippen LogP contribution in [0.15, 0.2) is 30.3 Å². The zero-order valence-corrected chi connectivity index (χ0v) is 17.3. The highest BCUT2D eigenvalue weighted by Gasteiger charge is 2.29. The van der Waals surface area contributed by atoms with Crippen molar-refractivity contribution in [3.8, 4) is 28.7 Å². The van der Waals surface area contributed by atoms with Gasteiger partial charge in [-0.2, -0.15) is 0 Å². The lowest BCUT2D eigenvalue weighted by Gasteiger charge is -2.20. The van der Waals surface area contributed by atoms with Crippen molar-refractivity contribution in [1.82, 2.24) is 5.48 Å². The van der Waals surface area contributed by atoms with E-state index >= 15 is 0 Å². The predicted molar refractivity (Wildman–Crippen MR) is 110 cm³/mol. The molecule has 30 heavy (non-hydrogen) atoms. The highest BCUT2D eigenvalue weighted by molar-refractivity contribution is 5.90. The first-order valence-corrected chi connectivity index (χ1v) is 9.34.